The van der Waals surface area contributed by atoms with Crippen molar-refractivity contribution >= 4 is 0 Å². The molecule has 88 valence electrons. The standard InChI is InChI=1S/C14H27N/c1-7-9-13(15-8-2)10-12(3)11-14(4,5)6/h1,12-13,15H,8-11H2,2-6H3. The van der Waals surface area contributed by atoms with Gasteiger partial charge in [-0.15, -0.1) is 12.3 Å². The Hall–Kier alpha value is -0.480. The lowest BCUT2D eigenvalue weighted by Crippen LogP contribution is -2.31. The Balaban J connectivity index is 4.00. The summed E-state index contributed by atoms with van der Waals surface area (Å²) in [6.45, 7) is 12.4. The van der Waals surface area contributed by atoms with E-state index in [0.717, 1.165) is 18.9 Å². The zero-order valence-corrected chi connectivity index (χ0v) is 11.1. The molecule has 1 N–H and O–H groups in total. The van der Waals surface area contributed by atoms with E-state index in [1.165, 1.54) is 12.8 Å². The van der Waals surface area contributed by atoms with Gasteiger partial charge in [0.25, 0.3) is 0 Å². The maximum Gasteiger partial charge on any atom is 0.0240 e. The third-order valence-corrected chi connectivity index (χ3v) is 2.50. The second kappa shape index (κ2) is 6.90. The molecule has 0 aromatic carbocycles. The predicted molar refractivity (Wildman–Crippen MR) is 68.8 cm³/mol. The van der Waals surface area contributed by atoms with E-state index in [9.17, 15) is 0 Å². The monoisotopic (exact) mass is 209 g/mol. The van der Waals surface area contributed by atoms with Crippen LogP contribution in [0.2, 0.25) is 0 Å². The first-order valence-electron chi connectivity index (χ1n) is 6.06. The molecule has 0 spiro atoms. The maximum atomic E-state index is 5.37. The molecule has 0 heterocycles. The van der Waals surface area contributed by atoms with Gasteiger partial charge in [0.05, 0.1) is 0 Å². The molecular formula is C14H27N. The molecular weight excluding hydrogens is 182 g/mol. The zero-order chi connectivity index (χ0) is 11.9. The predicted octanol–water partition coefficient (Wildman–Crippen LogP) is 3.45. The highest BCUT2D eigenvalue weighted by atomic mass is 14.9. The van der Waals surface area contributed by atoms with Crippen LogP contribution in [0.5, 0.6) is 0 Å². The Morgan fingerprint density at radius 3 is 2.33 bits per heavy atom. The number of rotatable bonds is 6. The summed E-state index contributed by atoms with van der Waals surface area (Å²) in [5.74, 6) is 3.50. The van der Waals surface area contributed by atoms with E-state index in [2.05, 4.69) is 45.9 Å². The van der Waals surface area contributed by atoms with Gasteiger partial charge >= 0.3 is 0 Å². The summed E-state index contributed by atoms with van der Waals surface area (Å²) in [5, 5.41) is 3.46. The van der Waals surface area contributed by atoms with Crippen LogP contribution in [0.1, 0.15) is 53.9 Å². The van der Waals surface area contributed by atoms with Crippen molar-refractivity contribution < 1.29 is 0 Å². The summed E-state index contributed by atoms with van der Waals surface area (Å²) < 4.78 is 0. The van der Waals surface area contributed by atoms with Crippen molar-refractivity contribution in [2.75, 3.05) is 6.54 Å². The van der Waals surface area contributed by atoms with E-state index in [1.807, 2.05) is 0 Å². The molecule has 0 aromatic heterocycles. The van der Waals surface area contributed by atoms with Gasteiger partial charge in [0, 0.05) is 12.5 Å². The van der Waals surface area contributed by atoms with Gasteiger partial charge in [-0.1, -0.05) is 34.6 Å². The van der Waals surface area contributed by atoms with Crippen molar-refractivity contribution in [3.8, 4) is 12.3 Å². The van der Waals surface area contributed by atoms with Crippen molar-refractivity contribution in [2.24, 2.45) is 11.3 Å². The molecule has 0 aliphatic carbocycles. The molecule has 0 aliphatic heterocycles. The van der Waals surface area contributed by atoms with E-state index in [0.29, 0.717) is 11.5 Å². The molecule has 0 amide bonds. The minimum atomic E-state index is 0.423. The van der Waals surface area contributed by atoms with Crippen LogP contribution in [0, 0.1) is 23.7 Å². The molecule has 0 saturated heterocycles. The summed E-state index contributed by atoms with van der Waals surface area (Å²) in [4.78, 5) is 0. The number of nitrogens with one attached hydrogen (secondary N) is 1. The molecule has 0 radical (unpaired) electrons. The Labute approximate surface area is 96.0 Å². The molecule has 1 heteroatoms. The highest BCUT2D eigenvalue weighted by molar-refractivity contribution is 4.90. The fourth-order valence-corrected chi connectivity index (χ4v) is 2.28. The fourth-order valence-electron chi connectivity index (χ4n) is 2.28. The second-order valence-electron chi connectivity index (χ2n) is 5.77. The van der Waals surface area contributed by atoms with E-state index in [-0.39, 0.29) is 0 Å². The quantitative estimate of drug-likeness (QED) is 0.661. The average Bonchev–Trinajstić information content (AvgIpc) is 2.00. The largest absolute Gasteiger partial charge is 0.313 e. The normalized spacial score (nSPS) is 15.7. The van der Waals surface area contributed by atoms with Gasteiger partial charge in [-0.3, -0.25) is 0 Å². The van der Waals surface area contributed by atoms with Crippen LogP contribution in [0.4, 0.5) is 0 Å². The lowest BCUT2D eigenvalue weighted by molar-refractivity contribution is 0.276. The van der Waals surface area contributed by atoms with Crippen LogP contribution in [0.15, 0.2) is 0 Å². The molecule has 0 bridgehead atoms. The highest BCUT2D eigenvalue weighted by Gasteiger charge is 2.18. The van der Waals surface area contributed by atoms with E-state index in [4.69, 9.17) is 6.42 Å². The lowest BCUT2D eigenvalue weighted by Gasteiger charge is -2.26. The van der Waals surface area contributed by atoms with E-state index >= 15 is 0 Å². The first-order chi connectivity index (χ1) is 6.89. The number of terminal acetylenes is 1. The Morgan fingerprint density at radius 1 is 1.33 bits per heavy atom. The van der Waals surface area contributed by atoms with Gasteiger partial charge in [0.1, 0.15) is 0 Å². The smallest absolute Gasteiger partial charge is 0.0240 e. The molecule has 0 fully saturated rings. The Bertz CT molecular complexity index is 194. The van der Waals surface area contributed by atoms with Gasteiger partial charge in [0.15, 0.2) is 0 Å². The molecule has 15 heavy (non-hydrogen) atoms. The van der Waals surface area contributed by atoms with Crippen LogP contribution >= 0.6 is 0 Å². The van der Waals surface area contributed by atoms with Crippen LogP contribution in [0.3, 0.4) is 0 Å². The second-order valence-corrected chi connectivity index (χ2v) is 5.77. The van der Waals surface area contributed by atoms with Crippen LogP contribution in [-0.2, 0) is 0 Å². The SMILES string of the molecule is C#CCC(CC(C)CC(C)(C)C)NCC. The van der Waals surface area contributed by atoms with Crippen molar-refractivity contribution in [1.82, 2.24) is 5.32 Å². The minimum Gasteiger partial charge on any atom is -0.313 e. The van der Waals surface area contributed by atoms with E-state index < -0.39 is 0 Å². The first-order valence-corrected chi connectivity index (χ1v) is 6.06. The molecule has 2 atom stereocenters. The summed E-state index contributed by atoms with van der Waals surface area (Å²) in [5.41, 5.74) is 0.423. The van der Waals surface area contributed by atoms with Gasteiger partial charge in [-0.05, 0) is 30.7 Å². The van der Waals surface area contributed by atoms with Crippen molar-refractivity contribution in [2.45, 2.75) is 59.9 Å². The first kappa shape index (κ1) is 14.5. The molecule has 0 aliphatic rings. The van der Waals surface area contributed by atoms with Crippen molar-refractivity contribution in [3.63, 3.8) is 0 Å². The maximum absolute atomic E-state index is 5.37. The highest BCUT2D eigenvalue weighted by Crippen LogP contribution is 2.27. The van der Waals surface area contributed by atoms with Crippen LogP contribution < -0.4 is 5.32 Å². The molecule has 0 aromatic rings. The molecule has 0 rings (SSSR count). The summed E-state index contributed by atoms with van der Waals surface area (Å²) in [7, 11) is 0. The topological polar surface area (TPSA) is 12.0 Å². The molecule has 0 saturated carbocycles. The van der Waals surface area contributed by atoms with Crippen molar-refractivity contribution in [1.29, 1.82) is 0 Å². The van der Waals surface area contributed by atoms with Gasteiger partial charge in [-0.25, -0.2) is 0 Å². The number of hydrogen-bond donors (Lipinski definition) is 1. The Kier molecular flexibility index (Phi) is 6.68. The summed E-state index contributed by atoms with van der Waals surface area (Å²) in [6.07, 6.45) is 8.68. The third kappa shape index (κ3) is 8.51. The van der Waals surface area contributed by atoms with Gasteiger partial charge in [0.2, 0.25) is 0 Å². The Morgan fingerprint density at radius 2 is 1.93 bits per heavy atom. The van der Waals surface area contributed by atoms with Gasteiger partial charge < -0.3 is 5.32 Å². The van der Waals surface area contributed by atoms with Crippen LogP contribution in [-0.4, -0.2) is 12.6 Å². The molecule has 2 unspecified atom stereocenters. The summed E-state index contributed by atoms with van der Waals surface area (Å²) in [6, 6.07) is 0.498. The fraction of sp³-hybridized carbons (Fsp3) is 0.857. The third-order valence-electron chi connectivity index (χ3n) is 2.50. The molecule has 1 nitrogen and oxygen atoms in total. The average molecular weight is 209 g/mol. The van der Waals surface area contributed by atoms with Gasteiger partial charge in [-0.2, -0.15) is 0 Å². The van der Waals surface area contributed by atoms with E-state index in [1.54, 1.807) is 0 Å². The lowest BCUT2D eigenvalue weighted by atomic mass is 9.82. The number of hydrogen-bond acceptors (Lipinski definition) is 1. The van der Waals surface area contributed by atoms with Crippen LogP contribution in [0.25, 0.3) is 0 Å². The minimum absolute atomic E-state index is 0.423. The van der Waals surface area contributed by atoms with Crippen molar-refractivity contribution in [3.05, 3.63) is 0 Å². The summed E-state index contributed by atoms with van der Waals surface area (Å²) >= 11 is 0. The zero-order valence-electron chi connectivity index (χ0n) is 11.1.